The highest BCUT2D eigenvalue weighted by Gasteiger charge is 2.52. The molecule has 1 saturated heterocycles. The summed E-state index contributed by atoms with van der Waals surface area (Å²) in [4.78, 5) is 33.7. The van der Waals surface area contributed by atoms with E-state index in [1.807, 2.05) is 0 Å². The van der Waals surface area contributed by atoms with E-state index in [9.17, 15) is 23.2 Å². The molecule has 2 bridgehead atoms. The van der Waals surface area contributed by atoms with Gasteiger partial charge >= 0.3 is 23.8 Å². The molecule has 2 rings (SSSR count). The number of halogens is 2. The van der Waals surface area contributed by atoms with E-state index in [0.29, 0.717) is 26.2 Å². The van der Waals surface area contributed by atoms with Gasteiger partial charge in [0.2, 0.25) is 0 Å². The van der Waals surface area contributed by atoms with Crippen molar-refractivity contribution in [2.75, 3.05) is 6.61 Å². The number of fused-ring (bicyclic) bond motifs is 2. The first-order valence-corrected chi connectivity index (χ1v) is 6.22. The van der Waals surface area contributed by atoms with E-state index in [4.69, 9.17) is 9.47 Å². The van der Waals surface area contributed by atoms with E-state index in [1.165, 1.54) is 0 Å². The molecule has 0 aromatic carbocycles. The Morgan fingerprint density at radius 2 is 2.20 bits per heavy atom. The molecule has 2 atom stereocenters. The summed E-state index contributed by atoms with van der Waals surface area (Å²) >= 11 is 0. The summed E-state index contributed by atoms with van der Waals surface area (Å²) in [6.45, 7) is -0.573. The maximum Gasteiger partial charge on any atom is 0.377 e. The fraction of sp³-hybridized carbons (Fsp3) is 0.750. The lowest BCUT2D eigenvalue weighted by Gasteiger charge is -2.29. The van der Waals surface area contributed by atoms with E-state index in [-0.39, 0.29) is 12.3 Å². The standard InChI is InChI=1S/C12H14F2O6/c1-11(13,14)10(17)18-6-8(15)19-12-4-2-3-7(5-12)9(16)20-12/h7H,2-6H2,1H3. The van der Waals surface area contributed by atoms with Crippen molar-refractivity contribution in [3.63, 3.8) is 0 Å². The normalized spacial score (nSPS) is 28.8. The molecule has 0 amide bonds. The van der Waals surface area contributed by atoms with Crippen LogP contribution < -0.4 is 0 Å². The summed E-state index contributed by atoms with van der Waals surface area (Å²) < 4.78 is 39.2. The van der Waals surface area contributed by atoms with Gasteiger partial charge in [-0.25, -0.2) is 9.59 Å². The SMILES string of the molecule is CC(F)(F)C(=O)OCC(=O)OC12CCCC(C1)C(=O)O2. The van der Waals surface area contributed by atoms with Gasteiger partial charge in [-0.3, -0.25) is 4.79 Å². The fourth-order valence-electron chi connectivity index (χ4n) is 2.36. The summed E-state index contributed by atoms with van der Waals surface area (Å²) in [7, 11) is 0. The Balaban J connectivity index is 1.86. The van der Waals surface area contributed by atoms with Crippen LogP contribution in [0.25, 0.3) is 0 Å². The number of hydrogen-bond donors (Lipinski definition) is 0. The Morgan fingerprint density at radius 3 is 2.85 bits per heavy atom. The molecule has 20 heavy (non-hydrogen) atoms. The average Bonchev–Trinajstić information content (AvgIpc) is 2.55. The van der Waals surface area contributed by atoms with E-state index in [0.717, 1.165) is 0 Å². The van der Waals surface area contributed by atoms with Gasteiger partial charge in [0.1, 0.15) is 0 Å². The van der Waals surface area contributed by atoms with Crippen molar-refractivity contribution in [2.45, 2.75) is 44.3 Å². The van der Waals surface area contributed by atoms with E-state index < -0.39 is 36.2 Å². The highest BCUT2D eigenvalue weighted by molar-refractivity contribution is 5.81. The Kier molecular flexibility index (Phi) is 3.66. The number of carbonyl (C=O) groups excluding carboxylic acids is 3. The fourth-order valence-corrected chi connectivity index (χ4v) is 2.36. The van der Waals surface area contributed by atoms with E-state index >= 15 is 0 Å². The number of hydrogen-bond acceptors (Lipinski definition) is 6. The minimum absolute atomic E-state index is 0.259. The zero-order valence-corrected chi connectivity index (χ0v) is 10.8. The van der Waals surface area contributed by atoms with Crippen molar-refractivity contribution in [1.29, 1.82) is 0 Å². The lowest BCUT2D eigenvalue weighted by molar-refractivity contribution is -0.221. The topological polar surface area (TPSA) is 78.9 Å². The summed E-state index contributed by atoms with van der Waals surface area (Å²) in [5.41, 5.74) is 0. The Hall–Kier alpha value is -1.73. The number of rotatable bonds is 4. The molecule has 2 fully saturated rings. The van der Waals surface area contributed by atoms with Crippen LogP contribution in [0.15, 0.2) is 0 Å². The van der Waals surface area contributed by atoms with Crippen LogP contribution >= 0.6 is 0 Å². The molecule has 1 saturated carbocycles. The first kappa shape index (κ1) is 14.7. The van der Waals surface area contributed by atoms with Crippen molar-refractivity contribution < 1.29 is 37.4 Å². The Bertz CT molecular complexity index is 444. The van der Waals surface area contributed by atoms with Gasteiger partial charge in [-0.05, 0) is 12.8 Å². The molecule has 2 aliphatic rings. The predicted octanol–water partition coefficient (Wildman–Crippen LogP) is 1.17. The smallest absolute Gasteiger partial charge is 0.377 e. The Labute approximate surface area is 113 Å². The molecule has 0 radical (unpaired) electrons. The molecule has 2 unspecified atom stereocenters. The summed E-state index contributed by atoms with van der Waals surface area (Å²) in [6, 6.07) is 0. The quantitative estimate of drug-likeness (QED) is 0.724. The minimum atomic E-state index is -3.67. The molecule has 6 nitrogen and oxygen atoms in total. The lowest BCUT2D eigenvalue weighted by atomic mass is 9.88. The third-order valence-corrected chi connectivity index (χ3v) is 3.27. The Morgan fingerprint density at radius 1 is 1.50 bits per heavy atom. The lowest BCUT2D eigenvalue weighted by Crippen LogP contribution is -2.38. The first-order valence-electron chi connectivity index (χ1n) is 6.22. The monoisotopic (exact) mass is 292 g/mol. The first-order chi connectivity index (χ1) is 9.22. The summed E-state index contributed by atoms with van der Waals surface area (Å²) in [6.07, 6.45) is 1.96. The predicted molar refractivity (Wildman–Crippen MR) is 58.5 cm³/mol. The zero-order valence-electron chi connectivity index (χ0n) is 10.8. The van der Waals surface area contributed by atoms with Crippen LogP contribution in [0.2, 0.25) is 0 Å². The zero-order chi connectivity index (χ0) is 15.0. The van der Waals surface area contributed by atoms with Crippen LogP contribution in [0, 0.1) is 5.92 Å². The van der Waals surface area contributed by atoms with Gasteiger partial charge in [0, 0.05) is 19.8 Å². The number of carbonyl (C=O) groups is 3. The third kappa shape index (κ3) is 3.05. The molecule has 1 heterocycles. The molecule has 0 N–H and O–H groups in total. The second-order valence-corrected chi connectivity index (χ2v) is 5.06. The average molecular weight is 292 g/mol. The second-order valence-electron chi connectivity index (χ2n) is 5.06. The minimum Gasteiger partial charge on any atom is -0.449 e. The molecular weight excluding hydrogens is 278 g/mol. The second kappa shape index (κ2) is 4.99. The van der Waals surface area contributed by atoms with Gasteiger partial charge in [-0.1, -0.05) is 0 Å². The maximum absolute atomic E-state index is 12.5. The van der Waals surface area contributed by atoms with Crippen LogP contribution in [0.1, 0.15) is 32.6 Å². The molecule has 0 spiro atoms. The molecule has 8 heteroatoms. The van der Waals surface area contributed by atoms with Crippen LogP contribution in [0.5, 0.6) is 0 Å². The molecule has 112 valence electrons. The highest BCUT2D eigenvalue weighted by Crippen LogP contribution is 2.43. The van der Waals surface area contributed by atoms with Crippen LogP contribution in [-0.2, 0) is 28.6 Å². The van der Waals surface area contributed by atoms with Crippen LogP contribution in [-0.4, -0.2) is 36.2 Å². The van der Waals surface area contributed by atoms with Crippen LogP contribution in [0.3, 0.4) is 0 Å². The molecule has 1 aliphatic carbocycles. The van der Waals surface area contributed by atoms with Crippen molar-refractivity contribution in [1.82, 2.24) is 0 Å². The number of esters is 3. The van der Waals surface area contributed by atoms with Crippen LogP contribution in [0.4, 0.5) is 8.78 Å². The van der Waals surface area contributed by atoms with E-state index in [2.05, 4.69) is 4.74 Å². The molecular formula is C12H14F2O6. The molecule has 0 aromatic rings. The summed E-state index contributed by atoms with van der Waals surface area (Å²) in [5, 5.41) is 0. The van der Waals surface area contributed by atoms with Gasteiger partial charge in [-0.15, -0.1) is 0 Å². The van der Waals surface area contributed by atoms with Crippen molar-refractivity contribution in [2.24, 2.45) is 5.92 Å². The number of alkyl halides is 2. The van der Waals surface area contributed by atoms with E-state index in [1.54, 1.807) is 0 Å². The van der Waals surface area contributed by atoms with Crippen molar-refractivity contribution in [3.8, 4) is 0 Å². The van der Waals surface area contributed by atoms with Gasteiger partial charge in [0.05, 0.1) is 5.92 Å². The van der Waals surface area contributed by atoms with Gasteiger partial charge < -0.3 is 14.2 Å². The maximum atomic E-state index is 12.5. The van der Waals surface area contributed by atoms with Gasteiger partial charge in [0.15, 0.2) is 6.61 Å². The highest BCUT2D eigenvalue weighted by atomic mass is 19.3. The van der Waals surface area contributed by atoms with Crippen molar-refractivity contribution >= 4 is 17.9 Å². The summed E-state index contributed by atoms with van der Waals surface area (Å²) in [5.74, 6) is -8.53. The third-order valence-electron chi connectivity index (χ3n) is 3.27. The van der Waals surface area contributed by atoms with Gasteiger partial charge in [-0.2, -0.15) is 8.78 Å². The molecule has 1 aliphatic heterocycles. The molecule has 0 aromatic heterocycles. The van der Waals surface area contributed by atoms with Gasteiger partial charge in [0.25, 0.3) is 5.79 Å². The van der Waals surface area contributed by atoms with Crippen molar-refractivity contribution in [3.05, 3.63) is 0 Å². The largest absolute Gasteiger partial charge is 0.449 e. The number of ether oxygens (including phenoxy) is 3.